The number of unbranched alkanes of at least 4 members (excludes halogenated alkanes) is 1. The van der Waals surface area contributed by atoms with Crippen molar-refractivity contribution in [2.75, 3.05) is 29.5 Å². The van der Waals surface area contributed by atoms with Crippen LogP contribution >= 0.6 is 0 Å². The zero-order valence-electron chi connectivity index (χ0n) is 19.8. The minimum absolute atomic E-state index is 0.0140. The zero-order chi connectivity index (χ0) is 25.0. The largest absolute Gasteiger partial charge is 0.384 e. The average Bonchev–Trinajstić information content (AvgIpc) is 2.74. The van der Waals surface area contributed by atoms with E-state index in [9.17, 15) is 24.0 Å². The van der Waals surface area contributed by atoms with Gasteiger partial charge in [-0.1, -0.05) is 27.2 Å². The summed E-state index contributed by atoms with van der Waals surface area (Å²) >= 11 is 0. The summed E-state index contributed by atoms with van der Waals surface area (Å²) in [7, 11) is 2.61. The summed E-state index contributed by atoms with van der Waals surface area (Å²) in [5.41, 5.74) is 8.97. The number of aromatic amines is 1. The average molecular weight is 464 g/mol. The van der Waals surface area contributed by atoms with E-state index in [1.165, 1.54) is 23.6 Å². The van der Waals surface area contributed by atoms with Crippen LogP contribution < -0.4 is 38.9 Å². The van der Waals surface area contributed by atoms with Crippen molar-refractivity contribution in [3.05, 3.63) is 47.2 Å². The van der Waals surface area contributed by atoms with Gasteiger partial charge < -0.3 is 16.4 Å². The Morgan fingerprint density at radius 2 is 1.70 bits per heavy atom. The first-order chi connectivity index (χ1) is 15.4. The second-order valence-electron chi connectivity index (χ2n) is 8.49. The van der Waals surface area contributed by atoms with Crippen LogP contribution in [0.5, 0.6) is 0 Å². The molecule has 0 saturated carbocycles. The lowest BCUT2D eigenvalue weighted by Crippen LogP contribution is -2.45. The molecular formula is C21H33N7O5. The smallest absolute Gasteiger partial charge is 0.332 e. The van der Waals surface area contributed by atoms with Crippen molar-refractivity contribution in [2.45, 2.75) is 46.6 Å². The molecule has 0 bridgehead atoms. The number of Topliss-reactive ketones (excluding diaryl/α,β-unsaturated/α-hetero) is 1. The molecule has 12 heteroatoms. The number of aromatic nitrogens is 4. The van der Waals surface area contributed by atoms with Crippen LogP contribution in [-0.2, 0) is 20.6 Å². The van der Waals surface area contributed by atoms with Gasteiger partial charge in [0.05, 0.1) is 6.54 Å². The number of carbonyl (C=O) groups is 1. The van der Waals surface area contributed by atoms with Crippen LogP contribution in [-0.4, -0.2) is 37.6 Å². The fourth-order valence-corrected chi connectivity index (χ4v) is 3.48. The number of rotatable bonds is 10. The summed E-state index contributed by atoms with van der Waals surface area (Å²) in [6.45, 7) is 6.12. The van der Waals surface area contributed by atoms with Crippen LogP contribution in [0.3, 0.4) is 0 Å². The van der Waals surface area contributed by atoms with Crippen molar-refractivity contribution < 1.29 is 4.79 Å². The summed E-state index contributed by atoms with van der Waals surface area (Å²) in [6, 6.07) is 0. The molecule has 2 aromatic rings. The molecular weight excluding hydrogens is 430 g/mol. The first kappa shape index (κ1) is 25.7. The molecule has 0 aliphatic rings. The van der Waals surface area contributed by atoms with E-state index in [0.29, 0.717) is 19.4 Å². The molecule has 0 radical (unpaired) electrons. The number of ketones is 1. The predicted octanol–water partition coefficient (Wildman–Crippen LogP) is -0.366. The molecule has 0 aromatic carbocycles. The summed E-state index contributed by atoms with van der Waals surface area (Å²) in [5.74, 6) is -0.733. The summed E-state index contributed by atoms with van der Waals surface area (Å²) < 4.78 is 3.08. The van der Waals surface area contributed by atoms with Gasteiger partial charge in [-0.2, -0.15) is 0 Å². The fourth-order valence-electron chi connectivity index (χ4n) is 3.48. The predicted molar refractivity (Wildman–Crippen MR) is 128 cm³/mol. The Labute approximate surface area is 190 Å². The Hall–Kier alpha value is -3.57. The molecule has 0 atom stereocenters. The number of nitrogens with one attached hydrogen (secondary N) is 1. The van der Waals surface area contributed by atoms with Crippen LogP contribution in [0.1, 0.15) is 50.4 Å². The number of hydrogen-bond acceptors (Lipinski definition) is 8. The zero-order valence-corrected chi connectivity index (χ0v) is 19.8. The minimum atomic E-state index is -0.820. The molecule has 2 heterocycles. The molecule has 2 aromatic heterocycles. The Bertz CT molecular complexity index is 1270. The van der Waals surface area contributed by atoms with Crippen LogP contribution in [0.2, 0.25) is 0 Å². The third-order valence-corrected chi connectivity index (χ3v) is 5.57. The van der Waals surface area contributed by atoms with Crippen LogP contribution in [0.15, 0.2) is 19.2 Å². The van der Waals surface area contributed by atoms with E-state index in [1.54, 1.807) is 0 Å². The van der Waals surface area contributed by atoms with E-state index in [-0.39, 0.29) is 41.9 Å². The first-order valence-electron chi connectivity index (χ1n) is 10.9. The maximum atomic E-state index is 13.2. The highest BCUT2D eigenvalue weighted by molar-refractivity contribution is 6.02. The Morgan fingerprint density at radius 1 is 1.06 bits per heavy atom. The summed E-state index contributed by atoms with van der Waals surface area (Å²) in [6.07, 6.45) is 2.09. The topological polar surface area (TPSA) is 171 Å². The van der Waals surface area contributed by atoms with E-state index in [4.69, 9.17) is 11.5 Å². The van der Waals surface area contributed by atoms with Gasteiger partial charge in [0.25, 0.3) is 11.1 Å². The highest BCUT2D eigenvalue weighted by atomic mass is 16.2. The number of nitrogens with zero attached hydrogens (tertiary/aromatic N) is 4. The summed E-state index contributed by atoms with van der Waals surface area (Å²) in [4.78, 5) is 66.7. The van der Waals surface area contributed by atoms with E-state index in [0.717, 1.165) is 15.6 Å². The number of hydrogen-bond donors (Lipinski definition) is 3. The van der Waals surface area contributed by atoms with Gasteiger partial charge in [-0.05, 0) is 18.8 Å². The van der Waals surface area contributed by atoms with Crippen molar-refractivity contribution in [1.29, 1.82) is 0 Å². The molecule has 0 unspecified atom stereocenters. The first-order valence-corrected chi connectivity index (χ1v) is 10.9. The number of carbonyl (C=O) groups excluding carboxylic acids is 1. The molecule has 12 nitrogen and oxygen atoms in total. The Kier molecular flexibility index (Phi) is 8.07. The normalized spacial score (nSPS) is 11.2. The minimum Gasteiger partial charge on any atom is -0.384 e. The number of anilines is 3. The molecule has 5 N–H and O–H groups in total. The second kappa shape index (κ2) is 10.4. The molecule has 0 amide bonds. The van der Waals surface area contributed by atoms with Gasteiger partial charge >= 0.3 is 11.4 Å². The van der Waals surface area contributed by atoms with Crippen molar-refractivity contribution in [3.63, 3.8) is 0 Å². The lowest BCUT2D eigenvalue weighted by molar-refractivity contribution is 0.0996. The van der Waals surface area contributed by atoms with Crippen LogP contribution in [0.25, 0.3) is 0 Å². The van der Waals surface area contributed by atoms with Crippen molar-refractivity contribution >= 4 is 23.1 Å². The molecule has 0 aliphatic carbocycles. The second-order valence-corrected chi connectivity index (χ2v) is 8.49. The third-order valence-electron chi connectivity index (χ3n) is 5.57. The van der Waals surface area contributed by atoms with E-state index >= 15 is 0 Å². The number of nitrogen functional groups attached to an aromatic ring is 2. The van der Waals surface area contributed by atoms with Crippen molar-refractivity contribution in [3.8, 4) is 0 Å². The van der Waals surface area contributed by atoms with E-state index < -0.39 is 28.3 Å². The van der Waals surface area contributed by atoms with Crippen LogP contribution in [0.4, 0.5) is 17.3 Å². The third kappa shape index (κ3) is 5.26. The molecule has 0 fully saturated rings. The maximum absolute atomic E-state index is 13.2. The molecule has 33 heavy (non-hydrogen) atoms. The molecule has 0 spiro atoms. The van der Waals surface area contributed by atoms with Crippen molar-refractivity contribution in [1.82, 2.24) is 18.7 Å². The molecule has 0 saturated heterocycles. The lowest BCUT2D eigenvalue weighted by Gasteiger charge is -2.26. The van der Waals surface area contributed by atoms with Gasteiger partial charge in [-0.25, -0.2) is 9.59 Å². The van der Waals surface area contributed by atoms with Crippen LogP contribution in [0, 0.1) is 5.92 Å². The number of nitrogens with two attached hydrogens (primary N) is 2. The van der Waals surface area contributed by atoms with Gasteiger partial charge in [-0.3, -0.25) is 33.1 Å². The highest BCUT2D eigenvalue weighted by Gasteiger charge is 2.26. The molecule has 0 aliphatic heterocycles. The molecule has 2 rings (SSSR count). The van der Waals surface area contributed by atoms with Crippen molar-refractivity contribution in [2.24, 2.45) is 20.0 Å². The van der Waals surface area contributed by atoms with E-state index in [2.05, 4.69) is 4.98 Å². The monoisotopic (exact) mass is 463 g/mol. The Morgan fingerprint density at radius 3 is 2.27 bits per heavy atom. The lowest BCUT2D eigenvalue weighted by atomic mass is 10.1. The summed E-state index contributed by atoms with van der Waals surface area (Å²) in [5, 5.41) is 0. The standard InChI is InChI=1S/C21H33N7O5/c1-6-7-9-28-17(23)15(18(30)24-20(28)32)27(10-8-12(2)3)11-13(29)14-16(22)25(4)21(33)26(5)19(14)31/h12H,6-11,22-23H2,1-5H3,(H,24,30,32). The van der Waals surface area contributed by atoms with Gasteiger partial charge in [0, 0.05) is 27.2 Å². The molecule has 182 valence electrons. The highest BCUT2D eigenvalue weighted by Crippen LogP contribution is 2.19. The van der Waals surface area contributed by atoms with Gasteiger partial charge in [-0.15, -0.1) is 0 Å². The fraction of sp³-hybridized carbons (Fsp3) is 0.571. The number of H-pyrrole nitrogens is 1. The van der Waals surface area contributed by atoms with Gasteiger partial charge in [0.2, 0.25) is 0 Å². The van der Waals surface area contributed by atoms with Gasteiger partial charge in [0.15, 0.2) is 5.78 Å². The van der Waals surface area contributed by atoms with E-state index in [1.807, 2.05) is 20.8 Å². The van der Waals surface area contributed by atoms with Gasteiger partial charge in [0.1, 0.15) is 22.9 Å². The SMILES string of the molecule is CCCCn1c(N)c(N(CCC(C)C)CC(=O)c2c(N)n(C)c(=O)n(C)c2=O)c(=O)[nH]c1=O. The Balaban J connectivity index is 2.62. The quantitative estimate of drug-likeness (QED) is 0.401. The maximum Gasteiger partial charge on any atom is 0.332 e.